The molecule has 0 amide bonds. The Balaban J connectivity index is 0.000000499. The standard InChI is InChI=1S/C23H32N6O4S.C4H11NO3.H2O4S/c1-6-8-18-20-21(28(5)27-18)23(30)26-22(25-20)17-11-16(9-10-19(17)33-7-2)34(31,32)29-12-14(3)24-15(4)13-29;5-4(1-6,2-7)3-8;1-5(2,3)4/h9-11,14-15,24H,6-8,12-13H2,1-5H3,(H,25,26,30);6-8H,1-3,5H2;(H2,1,2,3,4)/p-2/t14-,15+;;. The number of aromatic amines is 1. The van der Waals surface area contributed by atoms with Crippen molar-refractivity contribution in [2.75, 3.05) is 39.5 Å². The minimum atomic E-state index is -5.17. The number of H-pyrrole nitrogens is 1. The van der Waals surface area contributed by atoms with Crippen molar-refractivity contribution >= 4 is 31.5 Å². The number of hydrogen-bond acceptors (Lipinski definition) is 15. The average Bonchev–Trinajstić information content (AvgIpc) is 3.31. The predicted molar refractivity (Wildman–Crippen MR) is 169 cm³/mol. The molecule has 266 valence electrons. The number of aliphatic hydroxyl groups excluding tert-OH is 3. The molecule has 18 nitrogen and oxygen atoms in total. The molecule has 2 atom stereocenters. The van der Waals surface area contributed by atoms with Gasteiger partial charge in [0.05, 0.1) is 48.1 Å². The summed E-state index contributed by atoms with van der Waals surface area (Å²) in [4.78, 5) is 20.6. The third-order valence-electron chi connectivity index (χ3n) is 6.86. The van der Waals surface area contributed by atoms with Crippen molar-refractivity contribution in [1.82, 2.24) is 29.4 Å². The lowest BCUT2D eigenvalue weighted by molar-refractivity contribution is 0.0697. The molecule has 2 aromatic heterocycles. The summed E-state index contributed by atoms with van der Waals surface area (Å²) >= 11 is 0. The van der Waals surface area contributed by atoms with Gasteiger partial charge in [0.25, 0.3) is 5.56 Å². The summed E-state index contributed by atoms with van der Waals surface area (Å²) in [5.74, 6) is 0.706. The normalized spacial score (nSPS) is 17.4. The molecule has 0 bridgehead atoms. The molecule has 0 unspecified atom stereocenters. The summed E-state index contributed by atoms with van der Waals surface area (Å²) in [6, 6.07) is 4.80. The highest BCUT2D eigenvalue weighted by atomic mass is 32.3. The molecule has 1 aliphatic heterocycles. The Morgan fingerprint density at radius 2 is 1.62 bits per heavy atom. The van der Waals surface area contributed by atoms with Gasteiger partial charge in [0, 0.05) is 42.6 Å². The van der Waals surface area contributed by atoms with E-state index in [4.69, 9.17) is 48.3 Å². The van der Waals surface area contributed by atoms with E-state index in [1.807, 2.05) is 27.7 Å². The van der Waals surface area contributed by atoms with Gasteiger partial charge in [-0.2, -0.15) is 9.40 Å². The van der Waals surface area contributed by atoms with Gasteiger partial charge in [0.15, 0.2) is 5.52 Å². The van der Waals surface area contributed by atoms with Crippen LogP contribution in [0, 0.1) is 0 Å². The van der Waals surface area contributed by atoms with Crippen LogP contribution in [-0.2, 0) is 33.9 Å². The first kappa shape index (κ1) is 40.1. The van der Waals surface area contributed by atoms with Gasteiger partial charge in [0.1, 0.15) is 17.1 Å². The van der Waals surface area contributed by atoms with E-state index in [2.05, 4.69) is 15.4 Å². The number of ether oxygens (including phenoxy) is 1. The predicted octanol–water partition coefficient (Wildman–Crippen LogP) is -1.63. The summed E-state index contributed by atoms with van der Waals surface area (Å²) in [7, 11) is -7.21. The van der Waals surface area contributed by atoms with Crippen molar-refractivity contribution in [3.8, 4) is 17.1 Å². The first-order valence-electron chi connectivity index (χ1n) is 14.6. The molecule has 47 heavy (non-hydrogen) atoms. The lowest BCUT2D eigenvalue weighted by atomic mass is 10.1. The highest BCUT2D eigenvalue weighted by molar-refractivity contribution is 7.89. The molecule has 1 fully saturated rings. The number of fused-ring (bicyclic) bond motifs is 1. The Morgan fingerprint density at radius 3 is 2.09 bits per heavy atom. The van der Waals surface area contributed by atoms with Crippen LogP contribution in [0.1, 0.15) is 39.8 Å². The van der Waals surface area contributed by atoms with Crippen molar-refractivity contribution in [3.05, 3.63) is 34.2 Å². The smallest absolute Gasteiger partial charge is 0.277 e. The molecular formula is C27H43N7O11S2-2. The number of aliphatic hydroxyl groups is 3. The minimum Gasteiger partial charge on any atom is -0.759 e. The zero-order chi connectivity index (χ0) is 35.7. The Hall–Kier alpha value is -3.05. The SMILES string of the molecule is CCCc1nn(C)c2c(=O)[nH]c(-c3cc(S(=O)(=O)N4C[C@@H](C)N[C@@H](C)C4)ccc3OCC)nc12.NC(CO)(CO)CO.O=S(=O)([O-])[O-]. The molecule has 0 saturated carbocycles. The van der Waals surface area contributed by atoms with Gasteiger partial charge in [-0.3, -0.25) is 17.9 Å². The van der Waals surface area contributed by atoms with Crippen LogP contribution in [-0.4, -0.2) is 122 Å². The number of nitrogens with two attached hydrogens (primary N) is 1. The largest absolute Gasteiger partial charge is 0.759 e. The quantitative estimate of drug-likeness (QED) is 0.102. The van der Waals surface area contributed by atoms with E-state index in [1.165, 1.54) is 15.1 Å². The molecular weight excluding hydrogens is 662 g/mol. The number of hydrogen-bond donors (Lipinski definition) is 6. The first-order chi connectivity index (χ1) is 21.8. The van der Waals surface area contributed by atoms with Crippen LogP contribution in [0.3, 0.4) is 0 Å². The van der Waals surface area contributed by atoms with Crippen LogP contribution >= 0.6 is 0 Å². The molecule has 0 radical (unpaired) electrons. The van der Waals surface area contributed by atoms with Gasteiger partial charge in [-0.1, -0.05) is 13.3 Å². The monoisotopic (exact) mass is 705 g/mol. The van der Waals surface area contributed by atoms with Crippen LogP contribution in [0.15, 0.2) is 27.9 Å². The van der Waals surface area contributed by atoms with Gasteiger partial charge in [0.2, 0.25) is 10.0 Å². The number of rotatable bonds is 10. The number of sulfonamides is 1. The molecule has 1 aliphatic rings. The van der Waals surface area contributed by atoms with Gasteiger partial charge in [-0.05, 0) is 45.4 Å². The van der Waals surface area contributed by atoms with Gasteiger partial charge in [-0.15, -0.1) is 0 Å². The lowest BCUT2D eigenvalue weighted by Crippen LogP contribution is -2.55. The van der Waals surface area contributed by atoms with E-state index in [0.717, 1.165) is 12.1 Å². The first-order valence-corrected chi connectivity index (χ1v) is 17.4. The fourth-order valence-corrected chi connectivity index (χ4v) is 6.33. The van der Waals surface area contributed by atoms with Crippen LogP contribution < -0.4 is 21.3 Å². The van der Waals surface area contributed by atoms with E-state index < -0.39 is 45.8 Å². The maximum Gasteiger partial charge on any atom is 0.277 e. The number of benzene rings is 1. The highest BCUT2D eigenvalue weighted by Gasteiger charge is 2.32. The molecule has 3 aromatic rings. The Labute approximate surface area is 273 Å². The van der Waals surface area contributed by atoms with Crippen molar-refractivity contribution in [3.63, 3.8) is 0 Å². The fourth-order valence-electron chi connectivity index (χ4n) is 4.69. The Bertz CT molecular complexity index is 1730. The second-order valence-electron chi connectivity index (χ2n) is 11.1. The Kier molecular flexibility index (Phi) is 14.4. The maximum atomic E-state index is 13.5. The van der Waals surface area contributed by atoms with E-state index in [0.29, 0.717) is 48.5 Å². The number of piperazine rings is 1. The molecule has 1 saturated heterocycles. The van der Waals surface area contributed by atoms with Crippen molar-refractivity contribution in [2.45, 2.75) is 63.1 Å². The molecule has 0 spiro atoms. The van der Waals surface area contributed by atoms with Crippen LogP contribution in [0.2, 0.25) is 0 Å². The number of nitrogens with zero attached hydrogens (tertiary/aromatic N) is 4. The van der Waals surface area contributed by atoms with Gasteiger partial charge in [-0.25, -0.2) is 13.4 Å². The summed E-state index contributed by atoms with van der Waals surface area (Å²) < 4.78 is 69.9. The third kappa shape index (κ3) is 11.0. The zero-order valence-electron chi connectivity index (χ0n) is 26.8. The molecule has 4 rings (SSSR count). The summed E-state index contributed by atoms with van der Waals surface area (Å²) in [5, 5.41) is 32.8. The Morgan fingerprint density at radius 1 is 1.06 bits per heavy atom. The topological polar surface area (TPSA) is 289 Å². The fraction of sp³-hybridized carbons (Fsp3) is 0.593. The lowest BCUT2D eigenvalue weighted by Gasteiger charge is -2.35. The van der Waals surface area contributed by atoms with E-state index in [9.17, 15) is 13.2 Å². The maximum absolute atomic E-state index is 13.5. The molecule has 3 heterocycles. The van der Waals surface area contributed by atoms with Crippen LogP contribution in [0.5, 0.6) is 5.75 Å². The number of aromatic nitrogens is 4. The average molecular weight is 706 g/mol. The van der Waals surface area contributed by atoms with Crippen molar-refractivity contribution in [2.24, 2.45) is 12.8 Å². The van der Waals surface area contributed by atoms with E-state index in [-0.39, 0.29) is 28.4 Å². The molecule has 1 aromatic carbocycles. The van der Waals surface area contributed by atoms with Crippen molar-refractivity contribution in [1.29, 1.82) is 0 Å². The second-order valence-corrected chi connectivity index (χ2v) is 13.8. The third-order valence-corrected chi connectivity index (χ3v) is 8.69. The minimum absolute atomic E-state index is 0.0451. The van der Waals surface area contributed by atoms with Crippen LogP contribution in [0.4, 0.5) is 0 Å². The summed E-state index contributed by atoms with van der Waals surface area (Å²) in [5.41, 5.74) is 5.66. The van der Waals surface area contributed by atoms with Crippen molar-refractivity contribution < 1.29 is 46.0 Å². The number of aryl methyl sites for hydroxylation is 2. The van der Waals surface area contributed by atoms with Gasteiger partial charge < -0.3 is 45.2 Å². The number of nitrogens with one attached hydrogen (secondary N) is 2. The zero-order valence-corrected chi connectivity index (χ0v) is 28.5. The highest BCUT2D eigenvalue weighted by Crippen LogP contribution is 2.32. The van der Waals surface area contributed by atoms with Gasteiger partial charge >= 0.3 is 0 Å². The van der Waals surface area contributed by atoms with Crippen LogP contribution in [0.25, 0.3) is 22.4 Å². The van der Waals surface area contributed by atoms with E-state index >= 15 is 0 Å². The molecule has 7 N–H and O–H groups in total. The second kappa shape index (κ2) is 16.9. The summed E-state index contributed by atoms with van der Waals surface area (Å²) in [6.45, 7) is 7.75. The molecule has 20 heteroatoms. The molecule has 0 aliphatic carbocycles. The summed E-state index contributed by atoms with van der Waals surface area (Å²) in [6.07, 6.45) is 1.54. The van der Waals surface area contributed by atoms with E-state index in [1.54, 1.807) is 19.2 Å².